The van der Waals surface area contributed by atoms with Crippen molar-refractivity contribution in [2.45, 2.75) is 57.8 Å². The van der Waals surface area contributed by atoms with Crippen LogP contribution >= 0.6 is 0 Å². The molecule has 14 heteroatoms. The molecule has 262 valence electrons. The minimum Gasteiger partial charge on any atom is -0.445 e. The Labute approximate surface area is 288 Å². The van der Waals surface area contributed by atoms with Gasteiger partial charge in [-0.15, -0.1) is 0 Å². The standard InChI is InChI=1S/C36H41N7O7/c1-3-22(2)31(43-34(47)29(17-27-18-38-21-40-27)42-36(49)50-20-23-9-5-4-6-10-23)32(45)35(48)39-19-30(44)41-28(33(37)46)16-24-13-14-25-11-7-8-12-26(25)15-24/h4-15,18,21-22,28-29,31H,3,16-17,19-20H2,1-2H3,(H2,37,46)(H,38,40)(H,39,48)(H,41,44)(H,42,49)(H,43,47)/t22-,28-,29-,31?/m0/s1. The lowest BCUT2D eigenvalue weighted by atomic mass is 9.94. The van der Waals surface area contributed by atoms with Gasteiger partial charge in [-0.25, -0.2) is 9.78 Å². The second-order valence-electron chi connectivity index (χ2n) is 11.9. The molecule has 0 aliphatic rings. The number of hydrogen-bond acceptors (Lipinski definition) is 8. The molecule has 0 saturated heterocycles. The van der Waals surface area contributed by atoms with E-state index in [0.29, 0.717) is 12.1 Å². The number of aromatic nitrogens is 2. The number of primary amides is 1. The summed E-state index contributed by atoms with van der Waals surface area (Å²) >= 11 is 0. The van der Waals surface area contributed by atoms with Gasteiger partial charge in [0.2, 0.25) is 23.5 Å². The number of fused-ring (bicyclic) bond motifs is 1. The summed E-state index contributed by atoms with van der Waals surface area (Å²) in [5.74, 6) is -4.84. The number of benzene rings is 3. The van der Waals surface area contributed by atoms with Crippen LogP contribution < -0.4 is 27.0 Å². The number of carbonyl (C=O) groups is 6. The Morgan fingerprint density at radius 2 is 1.56 bits per heavy atom. The lowest BCUT2D eigenvalue weighted by molar-refractivity contribution is -0.141. The number of hydrogen-bond donors (Lipinski definition) is 6. The molecule has 4 rings (SSSR count). The third-order valence-corrected chi connectivity index (χ3v) is 8.16. The van der Waals surface area contributed by atoms with Gasteiger partial charge in [0.1, 0.15) is 18.7 Å². The molecular weight excluding hydrogens is 642 g/mol. The Morgan fingerprint density at radius 3 is 2.24 bits per heavy atom. The van der Waals surface area contributed by atoms with Crippen LogP contribution in [0.3, 0.4) is 0 Å². The smallest absolute Gasteiger partial charge is 0.408 e. The van der Waals surface area contributed by atoms with Gasteiger partial charge in [0.25, 0.3) is 5.91 Å². The summed E-state index contributed by atoms with van der Waals surface area (Å²) in [6, 6.07) is 18.7. The molecule has 1 aromatic heterocycles. The third kappa shape index (κ3) is 10.7. The number of nitrogens with two attached hydrogens (primary N) is 1. The van der Waals surface area contributed by atoms with Crippen molar-refractivity contribution in [1.29, 1.82) is 0 Å². The van der Waals surface area contributed by atoms with E-state index in [1.54, 1.807) is 38.1 Å². The van der Waals surface area contributed by atoms with Gasteiger partial charge in [0.05, 0.1) is 18.9 Å². The van der Waals surface area contributed by atoms with E-state index in [4.69, 9.17) is 10.5 Å². The highest BCUT2D eigenvalue weighted by molar-refractivity contribution is 6.38. The molecule has 3 aromatic carbocycles. The SMILES string of the molecule is CC[C@H](C)C(NC(=O)[C@H](Cc1cnc[nH]1)NC(=O)OCc1ccccc1)C(=O)C(=O)NCC(=O)N[C@@H](Cc1ccc2ccccc2c1)C(N)=O. The monoisotopic (exact) mass is 683 g/mol. The Morgan fingerprint density at radius 1 is 0.840 bits per heavy atom. The number of imidazole rings is 1. The lowest BCUT2D eigenvalue weighted by Gasteiger charge is -2.25. The predicted octanol–water partition coefficient (Wildman–Crippen LogP) is 1.83. The summed E-state index contributed by atoms with van der Waals surface area (Å²) in [6.45, 7) is 2.81. The molecule has 0 aliphatic carbocycles. The summed E-state index contributed by atoms with van der Waals surface area (Å²) in [5.41, 5.74) is 7.59. The largest absolute Gasteiger partial charge is 0.445 e. The van der Waals surface area contributed by atoms with E-state index in [1.165, 1.54) is 12.5 Å². The van der Waals surface area contributed by atoms with Crippen molar-refractivity contribution in [3.05, 3.63) is 102 Å². The second kappa shape index (κ2) is 17.9. The van der Waals surface area contributed by atoms with Gasteiger partial charge in [-0.1, -0.05) is 93.1 Å². The maximum Gasteiger partial charge on any atom is 0.408 e. The Kier molecular flexibility index (Phi) is 13.2. The van der Waals surface area contributed by atoms with E-state index in [2.05, 4.69) is 31.2 Å². The molecule has 0 saturated carbocycles. The number of aromatic amines is 1. The van der Waals surface area contributed by atoms with E-state index >= 15 is 0 Å². The number of ether oxygens (including phenoxy) is 1. The Bertz CT molecular complexity index is 1800. The molecule has 0 spiro atoms. The molecule has 0 radical (unpaired) electrons. The number of nitrogens with zero attached hydrogens (tertiary/aromatic N) is 1. The fourth-order valence-corrected chi connectivity index (χ4v) is 5.15. The first-order chi connectivity index (χ1) is 24.0. The van der Waals surface area contributed by atoms with Gasteiger partial charge >= 0.3 is 6.09 Å². The van der Waals surface area contributed by atoms with Crippen LogP contribution in [0.2, 0.25) is 0 Å². The van der Waals surface area contributed by atoms with Gasteiger partial charge in [-0.3, -0.25) is 24.0 Å². The van der Waals surface area contributed by atoms with Crippen LogP contribution in [-0.4, -0.2) is 70.1 Å². The maximum atomic E-state index is 13.5. The first kappa shape index (κ1) is 36.8. The van der Waals surface area contributed by atoms with Crippen LogP contribution in [-0.2, 0) is 48.2 Å². The molecule has 5 amide bonds. The number of ketones is 1. The van der Waals surface area contributed by atoms with E-state index in [0.717, 1.165) is 21.9 Å². The molecule has 4 atom stereocenters. The van der Waals surface area contributed by atoms with E-state index in [-0.39, 0.29) is 19.4 Å². The molecule has 14 nitrogen and oxygen atoms in total. The van der Waals surface area contributed by atoms with Crippen LogP contribution in [0, 0.1) is 5.92 Å². The molecule has 7 N–H and O–H groups in total. The molecule has 50 heavy (non-hydrogen) atoms. The highest BCUT2D eigenvalue weighted by Gasteiger charge is 2.34. The van der Waals surface area contributed by atoms with E-state index < -0.39 is 66.1 Å². The summed E-state index contributed by atoms with van der Waals surface area (Å²) in [6.07, 6.45) is 2.56. The number of H-pyrrole nitrogens is 1. The summed E-state index contributed by atoms with van der Waals surface area (Å²) in [5, 5.41) is 11.9. The third-order valence-electron chi connectivity index (χ3n) is 8.16. The first-order valence-electron chi connectivity index (χ1n) is 16.2. The van der Waals surface area contributed by atoms with Crippen LogP contribution in [0.25, 0.3) is 10.8 Å². The first-order valence-corrected chi connectivity index (χ1v) is 16.2. The number of rotatable bonds is 17. The van der Waals surface area contributed by atoms with Crippen molar-refractivity contribution in [2.75, 3.05) is 6.54 Å². The predicted molar refractivity (Wildman–Crippen MR) is 184 cm³/mol. The number of alkyl carbamates (subject to hydrolysis) is 1. The van der Waals surface area contributed by atoms with Crippen molar-refractivity contribution in [3.63, 3.8) is 0 Å². The average molecular weight is 684 g/mol. The van der Waals surface area contributed by atoms with Crippen molar-refractivity contribution < 1.29 is 33.5 Å². The normalized spacial score (nSPS) is 13.2. The zero-order chi connectivity index (χ0) is 36.0. The summed E-state index contributed by atoms with van der Waals surface area (Å²) < 4.78 is 5.28. The maximum absolute atomic E-state index is 13.5. The van der Waals surface area contributed by atoms with Gasteiger partial charge < -0.3 is 36.7 Å². The van der Waals surface area contributed by atoms with Crippen LogP contribution in [0.4, 0.5) is 4.79 Å². The van der Waals surface area contributed by atoms with Gasteiger partial charge in [0.15, 0.2) is 0 Å². The topological polar surface area (TPSA) is 214 Å². The lowest BCUT2D eigenvalue weighted by Crippen LogP contribution is -2.57. The average Bonchev–Trinajstić information content (AvgIpc) is 3.64. The summed E-state index contributed by atoms with van der Waals surface area (Å²) in [4.78, 5) is 84.2. The highest BCUT2D eigenvalue weighted by Crippen LogP contribution is 2.17. The van der Waals surface area contributed by atoms with Crippen LogP contribution in [0.15, 0.2) is 85.3 Å². The van der Waals surface area contributed by atoms with Crippen LogP contribution in [0.1, 0.15) is 37.1 Å². The van der Waals surface area contributed by atoms with Crippen molar-refractivity contribution in [3.8, 4) is 0 Å². The number of carbonyl (C=O) groups excluding carboxylic acids is 6. The quantitative estimate of drug-likeness (QED) is 0.0901. The number of amides is 5. The van der Waals surface area contributed by atoms with Crippen molar-refractivity contribution >= 4 is 46.3 Å². The zero-order valence-electron chi connectivity index (χ0n) is 27.8. The second-order valence-corrected chi connectivity index (χ2v) is 11.9. The Hall–Kier alpha value is -6.05. The highest BCUT2D eigenvalue weighted by atomic mass is 16.5. The van der Waals surface area contributed by atoms with E-state index in [9.17, 15) is 28.8 Å². The minimum absolute atomic E-state index is 0.0136. The minimum atomic E-state index is -1.28. The molecule has 0 bridgehead atoms. The molecule has 1 unspecified atom stereocenters. The van der Waals surface area contributed by atoms with E-state index in [1.807, 2.05) is 48.5 Å². The fourth-order valence-electron chi connectivity index (χ4n) is 5.15. The van der Waals surface area contributed by atoms with Crippen molar-refractivity contribution in [2.24, 2.45) is 11.7 Å². The molecule has 4 aromatic rings. The van der Waals surface area contributed by atoms with Gasteiger partial charge in [-0.05, 0) is 27.8 Å². The Balaban J connectivity index is 1.35. The molecular formula is C36H41N7O7. The number of Topliss-reactive ketones (excluding diaryl/α,β-unsaturated/α-hetero) is 1. The fraction of sp³-hybridized carbons (Fsp3) is 0.306. The number of nitrogens with one attached hydrogen (secondary N) is 5. The van der Waals surface area contributed by atoms with Crippen LogP contribution in [0.5, 0.6) is 0 Å². The zero-order valence-corrected chi connectivity index (χ0v) is 27.8. The van der Waals surface area contributed by atoms with Gasteiger partial charge in [-0.2, -0.15) is 0 Å². The summed E-state index contributed by atoms with van der Waals surface area (Å²) in [7, 11) is 0. The molecule has 1 heterocycles. The van der Waals surface area contributed by atoms with Gasteiger partial charge in [0, 0.05) is 24.7 Å². The van der Waals surface area contributed by atoms with Crippen molar-refractivity contribution in [1.82, 2.24) is 31.2 Å². The molecule has 0 aliphatic heterocycles. The molecule has 0 fully saturated rings.